The highest BCUT2D eigenvalue weighted by molar-refractivity contribution is 5.27. The minimum Gasteiger partial charge on any atom is -0.508 e. The zero-order valence-corrected chi connectivity index (χ0v) is 10.7. The van der Waals surface area contributed by atoms with E-state index < -0.39 is 0 Å². The second-order valence-electron chi connectivity index (χ2n) is 4.46. The van der Waals surface area contributed by atoms with Crippen molar-refractivity contribution in [3.8, 4) is 5.75 Å². The van der Waals surface area contributed by atoms with Crippen LogP contribution in [0.25, 0.3) is 0 Å². The highest BCUT2D eigenvalue weighted by atomic mass is 16.3. The zero-order valence-electron chi connectivity index (χ0n) is 10.7. The number of hydrogen-bond donors (Lipinski definition) is 2. The Hall–Kier alpha value is -1.87. The molecule has 0 fully saturated rings. The number of phenolic OH excluding ortho intramolecular Hbond substituents is 1. The molecule has 1 aromatic heterocycles. The van der Waals surface area contributed by atoms with Gasteiger partial charge < -0.3 is 10.4 Å². The summed E-state index contributed by atoms with van der Waals surface area (Å²) in [7, 11) is 0. The highest BCUT2D eigenvalue weighted by Crippen LogP contribution is 2.19. The topological polar surface area (TPSA) is 45.2 Å². The van der Waals surface area contributed by atoms with Crippen LogP contribution >= 0.6 is 0 Å². The number of nitrogens with zero attached hydrogens (tertiary/aromatic N) is 1. The molecule has 3 nitrogen and oxygen atoms in total. The van der Waals surface area contributed by atoms with E-state index in [1.807, 2.05) is 30.3 Å². The molecule has 0 saturated carbocycles. The van der Waals surface area contributed by atoms with Crippen molar-refractivity contribution in [2.24, 2.45) is 0 Å². The first-order valence-corrected chi connectivity index (χ1v) is 6.12. The van der Waals surface area contributed by atoms with Crippen LogP contribution in [0.4, 0.5) is 0 Å². The van der Waals surface area contributed by atoms with Crippen LogP contribution in [0.15, 0.2) is 48.7 Å². The van der Waals surface area contributed by atoms with Gasteiger partial charge in [0.2, 0.25) is 0 Å². The molecule has 2 atom stereocenters. The molecule has 1 aromatic carbocycles. The van der Waals surface area contributed by atoms with Crippen molar-refractivity contribution in [3.05, 3.63) is 59.9 Å². The van der Waals surface area contributed by atoms with Crippen molar-refractivity contribution in [3.63, 3.8) is 0 Å². The van der Waals surface area contributed by atoms with Gasteiger partial charge >= 0.3 is 0 Å². The van der Waals surface area contributed by atoms with E-state index in [1.165, 1.54) is 0 Å². The maximum absolute atomic E-state index is 9.27. The van der Waals surface area contributed by atoms with Gasteiger partial charge in [0.15, 0.2) is 0 Å². The minimum absolute atomic E-state index is 0.190. The summed E-state index contributed by atoms with van der Waals surface area (Å²) in [6.45, 7) is 4.20. The lowest BCUT2D eigenvalue weighted by molar-refractivity contribution is 0.471. The predicted octanol–water partition coefficient (Wildman–Crippen LogP) is 3.20. The van der Waals surface area contributed by atoms with E-state index in [1.54, 1.807) is 18.3 Å². The Morgan fingerprint density at radius 1 is 1.00 bits per heavy atom. The quantitative estimate of drug-likeness (QED) is 0.865. The Morgan fingerprint density at radius 2 is 1.72 bits per heavy atom. The van der Waals surface area contributed by atoms with Gasteiger partial charge in [-0.05, 0) is 43.7 Å². The summed E-state index contributed by atoms with van der Waals surface area (Å²) in [6, 6.07) is 13.6. The molecule has 3 heteroatoms. The van der Waals surface area contributed by atoms with Gasteiger partial charge in [-0.1, -0.05) is 18.2 Å². The third kappa shape index (κ3) is 3.08. The van der Waals surface area contributed by atoms with Gasteiger partial charge in [-0.25, -0.2) is 0 Å². The molecule has 1 unspecified atom stereocenters. The van der Waals surface area contributed by atoms with Crippen LogP contribution in [-0.2, 0) is 0 Å². The lowest BCUT2D eigenvalue weighted by Gasteiger charge is -2.20. The highest BCUT2D eigenvalue weighted by Gasteiger charge is 2.11. The van der Waals surface area contributed by atoms with Crippen LogP contribution in [0.2, 0.25) is 0 Å². The number of aromatic nitrogens is 1. The number of aromatic hydroxyl groups is 1. The van der Waals surface area contributed by atoms with Crippen molar-refractivity contribution in [2.45, 2.75) is 25.9 Å². The molecule has 0 bridgehead atoms. The van der Waals surface area contributed by atoms with E-state index >= 15 is 0 Å². The number of hydrogen-bond acceptors (Lipinski definition) is 3. The maximum atomic E-state index is 9.27. The SMILES string of the molecule is CC(N[C@H](C)c1ccccn1)c1ccc(O)cc1. The second kappa shape index (κ2) is 5.65. The van der Waals surface area contributed by atoms with Crippen molar-refractivity contribution >= 4 is 0 Å². The predicted molar refractivity (Wildman–Crippen MR) is 72.3 cm³/mol. The molecule has 0 saturated heterocycles. The van der Waals surface area contributed by atoms with E-state index in [0.717, 1.165) is 11.3 Å². The Bertz CT molecular complexity index is 482. The molecular formula is C15H18N2O. The summed E-state index contributed by atoms with van der Waals surface area (Å²) >= 11 is 0. The molecule has 0 radical (unpaired) electrons. The number of rotatable bonds is 4. The van der Waals surface area contributed by atoms with Crippen LogP contribution in [0.1, 0.15) is 37.2 Å². The van der Waals surface area contributed by atoms with Crippen molar-refractivity contribution in [2.75, 3.05) is 0 Å². The van der Waals surface area contributed by atoms with Crippen molar-refractivity contribution < 1.29 is 5.11 Å². The molecule has 2 aromatic rings. The Balaban J connectivity index is 2.03. The van der Waals surface area contributed by atoms with Crippen LogP contribution in [-0.4, -0.2) is 10.1 Å². The van der Waals surface area contributed by atoms with E-state index in [0.29, 0.717) is 5.75 Å². The van der Waals surface area contributed by atoms with Gasteiger partial charge in [0.1, 0.15) is 5.75 Å². The van der Waals surface area contributed by atoms with Gasteiger partial charge in [0, 0.05) is 18.3 Å². The molecule has 2 rings (SSSR count). The van der Waals surface area contributed by atoms with Crippen LogP contribution in [0, 0.1) is 0 Å². The van der Waals surface area contributed by atoms with E-state index in [2.05, 4.69) is 24.1 Å². The van der Waals surface area contributed by atoms with Crippen molar-refractivity contribution in [1.29, 1.82) is 0 Å². The van der Waals surface area contributed by atoms with E-state index in [4.69, 9.17) is 0 Å². The minimum atomic E-state index is 0.190. The zero-order chi connectivity index (χ0) is 13.0. The number of pyridine rings is 1. The summed E-state index contributed by atoms with van der Waals surface area (Å²) in [5.41, 5.74) is 2.18. The van der Waals surface area contributed by atoms with Crippen LogP contribution < -0.4 is 5.32 Å². The van der Waals surface area contributed by atoms with Gasteiger partial charge in [0.25, 0.3) is 0 Å². The first-order chi connectivity index (χ1) is 8.66. The van der Waals surface area contributed by atoms with Crippen LogP contribution in [0.5, 0.6) is 5.75 Å². The standard InChI is InChI=1S/C15H18N2O/c1-11(13-6-8-14(18)9-7-13)17-12(2)15-5-3-4-10-16-15/h3-12,17-18H,1-2H3/t11?,12-/m1/s1. The second-order valence-corrected chi connectivity index (χ2v) is 4.46. The maximum Gasteiger partial charge on any atom is 0.115 e. The molecule has 0 aliphatic carbocycles. The van der Waals surface area contributed by atoms with Gasteiger partial charge in [-0.15, -0.1) is 0 Å². The number of phenols is 1. The third-order valence-electron chi connectivity index (χ3n) is 3.02. The fourth-order valence-electron chi connectivity index (χ4n) is 1.95. The lowest BCUT2D eigenvalue weighted by Crippen LogP contribution is -2.23. The van der Waals surface area contributed by atoms with Crippen molar-refractivity contribution in [1.82, 2.24) is 10.3 Å². The summed E-state index contributed by atoms with van der Waals surface area (Å²) in [5.74, 6) is 0.295. The van der Waals surface area contributed by atoms with Gasteiger partial charge in [0.05, 0.1) is 5.69 Å². The molecule has 2 N–H and O–H groups in total. The van der Waals surface area contributed by atoms with E-state index in [9.17, 15) is 5.11 Å². The number of nitrogens with one attached hydrogen (secondary N) is 1. The Kier molecular flexibility index (Phi) is 3.95. The average molecular weight is 242 g/mol. The molecule has 0 aliphatic rings. The fraction of sp³-hybridized carbons (Fsp3) is 0.267. The molecular weight excluding hydrogens is 224 g/mol. The molecule has 0 amide bonds. The smallest absolute Gasteiger partial charge is 0.115 e. The molecule has 0 spiro atoms. The van der Waals surface area contributed by atoms with Gasteiger partial charge in [-0.3, -0.25) is 4.98 Å². The fourth-order valence-corrected chi connectivity index (χ4v) is 1.95. The molecule has 1 heterocycles. The first kappa shape index (κ1) is 12.6. The summed E-state index contributed by atoms with van der Waals surface area (Å²) in [5, 5.41) is 12.8. The third-order valence-corrected chi connectivity index (χ3v) is 3.02. The summed E-state index contributed by atoms with van der Waals surface area (Å²) < 4.78 is 0. The summed E-state index contributed by atoms with van der Waals surface area (Å²) in [6.07, 6.45) is 1.80. The normalized spacial score (nSPS) is 14.1. The van der Waals surface area contributed by atoms with Gasteiger partial charge in [-0.2, -0.15) is 0 Å². The molecule has 18 heavy (non-hydrogen) atoms. The molecule has 0 aliphatic heterocycles. The largest absolute Gasteiger partial charge is 0.508 e. The summed E-state index contributed by atoms with van der Waals surface area (Å²) in [4.78, 5) is 4.34. The first-order valence-electron chi connectivity index (χ1n) is 6.12. The average Bonchev–Trinajstić information content (AvgIpc) is 2.40. The Labute approximate surface area is 108 Å². The van der Waals surface area contributed by atoms with Crippen LogP contribution in [0.3, 0.4) is 0 Å². The van der Waals surface area contributed by atoms with E-state index in [-0.39, 0.29) is 12.1 Å². The monoisotopic (exact) mass is 242 g/mol. The Morgan fingerprint density at radius 3 is 2.33 bits per heavy atom. The number of benzene rings is 1. The lowest BCUT2D eigenvalue weighted by atomic mass is 10.1. The molecule has 94 valence electrons.